The summed E-state index contributed by atoms with van der Waals surface area (Å²) >= 11 is 5.84. The van der Waals surface area contributed by atoms with E-state index in [0.717, 1.165) is 0 Å². The van der Waals surface area contributed by atoms with Crippen LogP contribution < -0.4 is 5.32 Å². The molecule has 0 aliphatic carbocycles. The molecule has 0 fully saturated rings. The SMILES string of the molecule is CC(C)OCCN(C)C(=O)Nc1ccc(C(=O)O)c(Cl)c1. The maximum Gasteiger partial charge on any atom is 0.337 e. The number of carbonyl (C=O) groups excluding carboxylic acids is 1. The van der Waals surface area contributed by atoms with Gasteiger partial charge in [-0.05, 0) is 32.0 Å². The number of hydrogen-bond donors (Lipinski definition) is 2. The van der Waals surface area contributed by atoms with Crippen molar-refractivity contribution in [2.45, 2.75) is 20.0 Å². The number of aromatic carboxylic acids is 1. The fraction of sp³-hybridized carbons (Fsp3) is 0.429. The molecule has 0 heterocycles. The number of halogens is 1. The Morgan fingerprint density at radius 1 is 1.43 bits per heavy atom. The van der Waals surface area contributed by atoms with E-state index in [0.29, 0.717) is 18.8 Å². The van der Waals surface area contributed by atoms with Crippen molar-refractivity contribution < 1.29 is 19.4 Å². The Kier molecular flexibility index (Phi) is 6.45. The smallest absolute Gasteiger partial charge is 0.337 e. The van der Waals surface area contributed by atoms with Crippen LogP contribution in [0.2, 0.25) is 5.02 Å². The van der Waals surface area contributed by atoms with Crippen LogP contribution in [-0.4, -0.2) is 48.3 Å². The average molecular weight is 315 g/mol. The van der Waals surface area contributed by atoms with Crippen LogP contribution >= 0.6 is 11.6 Å². The Labute approximate surface area is 128 Å². The number of urea groups is 1. The molecule has 6 nitrogen and oxygen atoms in total. The highest BCUT2D eigenvalue weighted by Gasteiger charge is 2.12. The third-order valence-corrected chi connectivity index (χ3v) is 2.99. The number of amides is 2. The van der Waals surface area contributed by atoms with E-state index in [1.807, 2.05) is 13.8 Å². The molecule has 116 valence electrons. The van der Waals surface area contributed by atoms with Crippen LogP contribution in [0.15, 0.2) is 18.2 Å². The number of nitrogens with one attached hydrogen (secondary N) is 1. The molecule has 0 radical (unpaired) electrons. The van der Waals surface area contributed by atoms with Gasteiger partial charge in [-0.25, -0.2) is 9.59 Å². The van der Waals surface area contributed by atoms with Crippen molar-refractivity contribution in [3.63, 3.8) is 0 Å². The standard InChI is InChI=1S/C14H19ClN2O4/c1-9(2)21-7-6-17(3)14(20)16-10-4-5-11(13(18)19)12(15)8-10/h4-5,8-9H,6-7H2,1-3H3,(H,16,20)(H,18,19). The third-order valence-electron chi connectivity index (χ3n) is 2.68. The van der Waals surface area contributed by atoms with Crippen LogP contribution in [0.5, 0.6) is 0 Å². The van der Waals surface area contributed by atoms with Gasteiger partial charge in [0, 0.05) is 19.3 Å². The zero-order valence-corrected chi connectivity index (χ0v) is 13.0. The van der Waals surface area contributed by atoms with Crippen molar-refractivity contribution in [2.75, 3.05) is 25.5 Å². The first-order valence-electron chi connectivity index (χ1n) is 6.47. The van der Waals surface area contributed by atoms with E-state index < -0.39 is 5.97 Å². The molecule has 1 aromatic carbocycles. The number of rotatable bonds is 6. The lowest BCUT2D eigenvalue weighted by molar-refractivity contribution is 0.0689. The summed E-state index contributed by atoms with van der Waals surface area (Å²) < 4.78 is 5.37. The van der Waals surface area contributed by atoms with Crippen LogP contribution in [0, 0.1) is 0 Å². The molecule has 0 aliphatic heterocycles. The summed E-state index contributed by atoms with van der Waals surface area (Å²) in [6, 6.07) is 3.93. The monoisotopic (exact) mass is 314 g/mol. The number of carbonyl (C=O) groups is 2. The first kappa shape index (κ1) is 17.3. The fourth-order valence-electron chi connectivity index (χ4n) is 1.51. The Morgan fingerprint density at radius 2 is 2.10 bits per heavy atom. The molecule has 2 N–H and O–H groups in total. The maximum atomic E-state index is 11.9. The van der Waals surface area contributed by atoms with E-state index in [-0.39, 0.29) is 22.7 Å². The zero-order valence-electron chi connectivity index (χ0n) is 12.2. The number of ether oxygens (including phenoxy) is 1. The predicted octanol–water partition coefficient (Wildman–Crippen LogP) is 2.93. The second-order valence-corrected chi connectivity index (χ2v) is 5.18. The van der Waals surface area contributed by atoms with Gasteiger partial charge in [-0.2, -0.15) is 0 Å². The summed E-state index contributed by atoms with van der Waals surface area (Å²) in [5.41, 5.74) is 0.431. The van der Waals surface area contributed by atoms with E-state index in [1.54, 1.807) is 7.05 Å². The lowest BCUT2D eigenvalue weighted by Gasteiger charge is -2.19. The number of carboxylic acids is 1. The molecule has 21 heavy (non-hydrogen) atoms. The molecular formula is C14H19ClN2O4. The van der Waals surface area contributed by atoms with Crippen LogP contribution in [-0.2, 0) is 4.74 Å². The molecular weight excluding hydrogens is 296 g/mol. The van der Waals surface area contributed by atoms with Crippen molar-refractivity contribution >= 4 is 29.3 Å². The number of benzene rings is 1. The van der Waals surface area contributed by atoms with Crippen LogP contribution in [0.1, 0.15) is 24.2 Å². The van der Waals surface area contributed by atoms with Crippen LogP contribution in [0.4, 0.5) is 10.5 Å². The summed E-state index contributed by atoms with van der Waals surface area (Å²) in [5, 5.41) is 11.6. The van der Waals surface area contributed by atoms with Crippen molar-refractivity contribution in [3.05, 3.63) is 28.8 Å². The lowest BCUT2D eigenvalue weighted by Crippen LogP contribution is -2.34. The van der Waals surface area contributed by atoms with Gasteiger partial charge < -0.3 is 20.1 Å². The van der Waals surface area contributed by atoms with E-state index >= 15 is 0 Å². The zero-order chi connectivity index (χ0) is 16.0. The molecule has 0 saturated heterocycles. The normalized spacial score (nSPS) is 10.5. The van der Waals surface area contributed by atoms with Crippen LogP contribution in [0.25, 0.3) is 0 Å². The van der Waals surface area contributed by atoms with Crippen LogP contribution in [0.3, 0.4) is 0 Å². The van der Waals surface area contributed by atoms with Crippen molar-refractivity contribution in [3.8, 4) is 0 Å². The first-order chi connectivity index (χ1) is 9.81. The quantitative estimate of drug-likeness (QED) is 0.846. The highest BCUT2D eigenvalue weighted by molar-refractivity contribution is 6.33. The van der Waals surface area contributed by atoms with Gasteiger partial charge in [-0.1, -0.05) is 11.6 Å². The first-order valence-corrected chi connectivity index (χ1v) is 6.85. The second kappa shape index (κ2) is 7.85. The van der Waals surface area contributed by atoms with E-state index in [1.165, 1.54) is 23.1 Å². The van der Waals surface area contributed by atoms with E-state index in [4.69, 9.17) is 21.4 Å². The van der Waals surface area contributed by atoms with Gasteiger partial charge in [-0.15, -0.1) is 0 Å². The summed E-state index contributed by atoms with van der Waals surface area (Å²) in [6.45, 7) is 4.74. The molecule has 1 rings (SSSR count). The van der Waals surface area contributed by atoms with Gasteiger partial charge in [0.25, 0.3) is 0 Å². The number of anilines is 1. The van der Waals surface area contributed by atoms with Crippen molar-refractivity contribution in [1.82, 2.24) is 4.90 Å². The molecule has 0 aliphatic rings. The predicted molar refractivity (Wildman–Crippen MR) is 81.1 cm³/mol. The minimum Gasteiger partial charge on any atom is -0.478 e. The lowest BCUT2D eigenvalue weighted by atomic mass is 10.2. The number of hydrogen-bond acceptors (Lipinski definition) is 3. The van der Waals surface area contributed by atoms with Crippen molar-refractivity contribution in [1.29, 1.82) is 0 Å². The molecule has 0 saturated carbocycles. The van der Waals surface area contributed by atoms with Gasteiger partial charge in [0.2, 0.25) is 0 Å². The number of carboxylic acid groups (broad SMARTS) is 1. The largest absolute Gasteiger partial charge is 0.478 e. The van der Waals surface area contributed by atoms with E-state index in [9.17, 15) is 9.59 Å². The average Bonchev–Trinajstić information content (AvgIpc) is 2.37. The maximum absolute atomic E-state index is 11.9. The van der Waals surface area contributed by atoms with Crippen molar-refractivity contribution in [2.24, 2.45) is 0 Å². The topological polar surface area (TPSA) is 78.9 Å². The summed E-state index contributed by atoms with van der Waals surface area (Å²) in [7, 11) is 1.65. The second-order valence-electron chi connectivity index (χ2n) is 4.77. The Bertz CT molecular complexity index is 520. The highest BCUT2D eigenvalue weighted by atomic mass is 35.5. The molecule has 0 bridgehead atoms. The van der Waals surface area contributed by atoms with Gasteiger partial charge in [0.1, 0.15) is 0 Å². The highest BCUT2D eigenvalue weighted by Crippen LogP contribution is 2.21. The summed E-state index contributed by atoms with van der Waals surface area (Å²) in [6.07, 6.45) is 0.115. The van der Waals surface area contributed by atoms with Gasteiger partial charge in [-0.3, -0.25) is 0 Å². The Hall–Kier alpha value is -1.79. The minimum absolute atomic E-state index is 0.00615. The van der Waals surface area contributed by atoms with Gasteiger partial charge in [0.15, 0.2) is 0 Å². The number of nitrogens with zero attached hydrogens (tertiary/aromatic N) is 1. The van der Waals surface area contributed by atoms with E-state index in [2.05, 4.69) is 5.32 Å². The molecule has 0 atom stereocenters. The molecule has 0 spiro atoms. The van der Waals surface area contributed by atoms with Gasteiger partial charge in [0.05, 0.1) is 23.3 Å². The minimum atomic E-state index is -1.11. The molecule has 1 aromatic rings. The molecule has 2 amide bonds. The Morgan fingerprint density at radius 3 is 2.62 bits per heavy atom. The summed E-state index contributed by atoms with van der Waals surface area (Å²) in [5.74, 6) is -1.11. The number of likely N-dealkylation sites (N-methyl/N-ethyl adjacent to an activating group) is 1. The molecule has 7 heteroatoms. The Balaban J connectivity index is 2.58. The molecule has 0 unspecified atom stereocenters. The van der Waals surface area contributed by atoms with Gasteiger partial charge >= 0.3 is 12.0 Å². The third kappa shape index (κ3) is 5.61. The molecule has 0 aromatic heterocycles. The fourth-order valence-corrected chi connectivity index (χ4v) is 1.77. The summed E-state index contributed by atoms with van der Waals surface area (Å²) in [4.78, 5) is 24.2.